The number of benzene rings is 1. The Kier molecular flexibility index (Phi) is 5.63. The molecule has 1 rings (SSSR count). The zero-order valence-electron chi connectivity index (χ0n) is 11.1. The van der Waals surface area contributed by atoms with Crippen LogP contribution in [0.2, 0.25) is 0 Å². The molecule has 0 bridgehead atoms. The Balaban J connectivity index is 2.72. The fourth-order valence-corrected chi connectivity index (χ4v) is 2.29. The Morgan fingerprint density at radius 2 is 1.88 bits per heavy atom. The molecule has 0 spiro atoms. The summed E-state index contributed by atoms with van der Waals surface area (Å²) in [4.78, 5) is 0. The molecule has 1 aromatic carbocycles. The molecule has 0 aliphatic heterocycles. The van der Waals surface area contributed by atoms with Crippen LogP contribution in [0.5, 0.6) is 0 Å². The van der Waals surface area contributed by atoms with Crippen LogP contribution >= 0.6 is 15.9 Å². The quantitative estimate of drug-likeness (QED) is 0.869. The molecule has 1 N–H and O–H groups in total. The van der Waals surface area contributed by atoms with Crippen molar-refractivity contribution in [2.24, 2.45) is 0 Å². The van der Waals surface area contributed by atoms with Gasteiger partial charge in [0.15, 0.2) is 0 Å². The largest absolute Gasteiger partial charge is 0.374 e. The maximum Gasteiger partial charge on any atom is 0.0781 e. The molecule has 0 saturated carbocycles. The van der Waals surface area contributed by atoms with Gasteiger partial charge in [0.1, 0.15) is 0 Å². The van der Waals surface area contributed by atoms with Gasteiger partial charge in [-0.3, -0.25) is 0 Å². The van der Waals surface area contributed by atoms with Crippen LogP contribution in [-0.2, 0) is 11.2 Å². The van der Waals surface area contributed by atoms with Crippen molar-refractivity contribution in [2.45, 2.75) is 38.8 Å². The molecule has 2 nitrogen and oxygen atoms in total. The van der Waals surface area contributed by atoms with Crippen molar-refractivity contribution >= 4 is 15.9 Å². The molecule has 0 aromatic heterocycles. The second-order valence-corrected chi connectivity index (χ2v) is 5.62. The van der Waals surface area contributed by atoms with Crippen molar-refractivity contribution in [1.82, 2.24) is 5.32 Å². The summed E-state index contributed by atoms with van der Waals surface area (Å²) in [5.74, 6) is 0. The van der Waals surface area contributed by atoms with E-state index in [0.29, 0.717) is 6.04 Å². The lowest BCUT2D eigenvalue weighted by molar-refractivity contribution is -0.0363. The van der Waals surface area contributed by atoms with Gasteiger partial charge in [-0.05, 0) is 51.9 Å². The summed E-state index contributed by atoms with van der Waals surface area (Å²) in [5, 5.41) is 3.35. The number of likely N-dealkylation sites (N-methyl/N-ethyl adjacent to an activating group) is 1. The third-order valence-corrected chi connectivity index (χ3v) is 3.59. The molecule has 17 heavy (non-hydrogen) atoms. The number of hydrogen-bond acceptors (Lipinski definition) is 2. The normalized spacial score (nSPS) is 13.7. The van der Waals surface area contributed by atoms with Gasteiger partial charge < -0.3 is 10.1 Å². The second kappa shape index (κ2) is 6.53. The lowest BCUT2D eigenvalue weighted by Gasteiger charge is -2.34. The minimum atomic E-state index is -0.156. The van der Waals surface area contributed by atoms with E-state index >= 15 is 0 Å². The van der Waals surface area contributed by atoms with Gasteiger partial charge >= 0.3 is 0 Å². The fraction of sp³-hybridized carbons (Fsp3) is 0.571. The van der Waals surface area contributed by atoms with E-state index in [1.807, 2.05) is 14.0 Å². The zero-order valence-corrected chi connectivity index (χ0v) is 12.7. The number of rotatable bonds is 6. The summed E-state index contributed by atoms with van der Waals surface area (Å²) in [6, 6.07) is 8.77. The minimum Gasteiger partial charge on any atom is -0.374 e. The highest BCUT2D eigenvalue weighted by Gasteiger charge is 2.28. The molecule has 0 saturated heterocycles. The van der Waals surface area contributed by atoms with E-state index in [-0.39, 0.29) is 5.60 Å². The van der Waals surface area contributed by atoms with Crippen molar-refractivity contribution in [1.29, 1.82) is 0 Å². The maximum atomic E-state index is 5.81. The first-order chi connectivity index (χ1) is 7.99. The molecule has 1 aromatic rings. The summed E-state index contributed by atoms with van der Waals surface area (Å²) in [6.45, 7) is 7.05. The maximum absolute atomic E-state index is 5.81. The zero-order chi connectivity index (χ0) is 12.9. The SMILES string of the molecule is CCOC(C)(C)C(Cc1ccc(Br)cc1)NC. The van der Waals surface area contributed by atoms with Crippen LogP contribution in [0.3, 0.4) is 0 Å². The van der Waals surface area contributed by atoms with Crippen molar-refractivity contribution in [2.75, 3.05) is 13.7 Å². The van der Waals surface area contributed by atoms with Gasteiger partial charge in [0, 0.05) is 17.1 Å². The van der Waals surface area contributed by atoms with Crippen LogP contribution in [0.4, 0.5) is 0 Å². The van der Waals surface area contributed by atoms with Gasteiger partial charge in [0.2, 0.25) is 0 Å². The lowest BCUT2D eigenvalue weighted by atomic mass is 9.92. The van der Waals surface area contributed by atoms with Gasteiger partial charge in [0.05, 0.1) is 5.60 Å². The van der Waals surface area contributed by atoms with Gasteiger partial charge in [-0.15, -0.1) is 0 Å². The molecule has 1 unspecified atom stereocenters. The van der Waals surface area contributed by atoms with Crippen LogP contribution in [-0.4, -0.2) is 25.3 Å². The fourth-order valence-electron chi connectivity index (χ4n) is 2.02. The Hall–Kier alpha value is -0.380. The Bertz CT molecular complexity index is 335. The Morgan fingerprint density at radius 1 is 1.29 bits per heavy atom. The average molecular weight is 300 g/mol. The van der Waals surface area contributed by atoms with Gasteiger partial charge in [-0.2, -0.15) is 0 Å². The van der Waals surface area contributed by atoms with Gasteiger partial charge in [-0.1, -0.05) is 28.1 Å². The Labute approximate surface area is 113 Å². The molecular weight excluding hydrogens is 278 g/mol. The molecule has 0 amide bonds. The van der Waals surface area contributed by atoms with Crippen LogP contribution in [0.1, 0.15) is 26.3 Å². The standard InChI is InChI=1S/C14H22BrNO/c1-5-17-14(2,3)13(16-4)10-11-6-8-12(15)9-7-11/h6-9,13,16H,5,10H2,1-4H3. The van der Waals surface area contributed by atoms with E-state index in [1.165, 1.54) is 5.56 Å². The third kappa shape index (κ3) is 4.41. The molecule has 0 fully saturated rings. The van der Waals surface area contributed by atoms with E-state index in [1.54, 1.807) is 0 Å². The minimum absolute atomic E-state index is 0.156. The molecule has 0 aliphatic carbocycles. The highest BCUT2D eigenvalue weighted by atomic mass is 79.9. The topological polar surface area (TPSA) is 21.3 Å². The first-order valence-corrected chi connectivity index (χ1v) is 6.84. The molecular formula is C14H22BrNO. The predicted octanol–water partition coefficient (Wildman–Crippen LogP) is 3.39. The predicted molar refractivity (Wildman–Crippen MR) is 76.4 cm³/mol. The van der Waals surface area contributed by atoms with Crippen LogP contribution in [0, 0.1) is 0 Å². The first kappa shape index (κ1) is 14.7. The third-order valence-electron chi connectivity index (χ3n) is 3.06. The summed E-state index contributed by atoms with van der Waals surface area (Å²) in [6.07, 6.45) is 0.969. The lowest BCUT2D eigenvalue weighted by Crippen LogP contribution is -2.48. The Morgan fingerprint density at radius 3 is 2.35 bits per heavy atom. The molecule has 3 heteroatoms. The summed E-state index contributed by atoms with van der Waals surface area (Å²) in [7, 11) is 1.99. The van der Waals surface area contributed by atoms with Crippen LogP contribution < -0.4 is 5.32 Å². The average Bonchev–Trinajstić information content (AvgIpc) is 2.28. The van der Waals surface area contributed by atoms with Gasteiger partial charge in [-0.25, -0.2) is 0 Å². The second-order valence-electron chi connectivity index (χ2n) is 4.71. The van der Waals surface area contributed by atoms with Crippen LogP contribution in [0.25, 0.3) is 0 Å². The number of halogens is 1. The first-order valence-electron chi connectivity index (χ1n) is 6.05. The summed E-state index contributed by atoms with van der Waals surface area (Å²) >= 11 is 3.45. The van der Waals surface area contributed by atoms with Crippen molar-refractivity contribution in [3.8, 4) is 0 Å². The molecule has 0 aliphatic rings. The highest BCUT2D eigenvalue weighted by molar-refractivity contribution is 9.10. The molecule has 0 radical (unpaired) electrons. The van der Waals surface area contributed by atoms with Gasteiger partial charge in [0.25, 0.3) is 0 Å². The summed E-state index contributed by atoms with van der Waals surface area (Å²) < 4.78 is 6.92. The number of hydrogen-bond donors (Lipinski definition) is 1. The van der Waals surface area contributed by atoms with Crippen molar-refractivity contribution in [3.05, 3.63) is 34.3 Å². The monoisotopic (exact) mass is 299 g/mol. The van der Waals surface area contributed by atoms with Crippen molar-refractivity contribution in [3.63, 3.8) is 0 Å². The van der Waals surface area contributed by atoms with Crippen molar-refractivity contribution < 1.29 is 4.74 Å². The number of ether oxygens (including phenoxy) is 1. The number of nitrogens with one attached hydrogen (secondary N) is 1. The molecule has 0 heterocycles. The van der Waals surface area contributed by atoms with E-state index in [2.05, 4.69) is 59.4 Å². The summed E-state index contributed by atoms with van der Waals surface area (Å²) in [5.41, 5.74) is 1.16. The van der Waals surface area contributed by atoms with E-state index in [4.69, 9.17) is 4.74 Å². The van der Waals surface area contributed by atoms with E-state index < -0.39 is 0 Å². The molecule has 96 valence electrons. The molecule has 1 atom stereocenters. The smallest absolute Gasteiger partial charge is 0.0781 e. The highest BCUT2D eigenvalue weighted by Crippen LogP contribution is 2.20. The van der Waals surface area contributed by atoms with E-state index in [0.717, 1.165) is 17.5 Å². The van der Waals surface area contributed by atoms with E-state index in [9.17, 15) is 0 Å². The van der Waals surface area contributed by atoms with Crippen LogP contribution in [0.15, 0.2) is 28.7 Å².